The van der Waals surface area contributed by atoms with Gasteiger partial charge in [-0.15, -0.1) is 0 Å². The van der Waals surface area contributed by atoms with Crippen LogP contribution in [0, 0.1) is 0 Å². The third-order valence-corrected chi connectivity index (χ3v) is 5.48. The summed E-state index contributed by atoms with van der Waals surface area (Å²) in [5.74, 6) is -1.26. The number of amides is 1. The fourth-order valence-corrected chi connectivity index (χ4v) is 3.58. The average molecular weight is 407 g/mol. The maximum absolute atomic E-state index is 12.5. The number of carbonyl (C=O) groups excluding carboxylic acids is 1. The van der Waals surface area contributed by atoms with Gasteiger partial charge in [-0.1, -0.05) is 41.4 Å². The Kier molecular flexibility index (Phi) is 5.36. The highest BCUT2D eigenvalue weighted by molar-refractivity contribution is 8.18. The minimum absolute atomic E-state index is 0.130. The van der Waals surface area contributed by atoms with Gasteiger partial charge in [-0.2, -0.15) is 0 Å². The Labute approximate surface area is 163 Å². The maximum Gasteiger partial charge on any atom is 0.335 e. The van der Waals surface area contributed by atoms with Gasteiger partial charge < -0.3 is 5.11 Å². The second-order valence-electron chi connectivity index (χ2n) is 5.37. The Balaban J connectivity index is 1.94. The molecule has 1 saturated heterocycles. The molecule has 0 spiro atoms. The normalized spacial score (nSPS) is 17.3. The molecule has 1 aliphatic rings. The van der Waals surface area contributed by atoms with Crippen molar-refractivity contribution in [2.24, 2.45) is 4.99 Å². The topological polar surface area (TPSA) is 70.0 Å². The van der Waals surface area contributed by atoms with Gasteiger partial charge in [0.25, 0.3) is 5.91 Å². The number of hydrogen-bond donors (Lipinski definition) is 1. The van der Waals surface area contributed by atoms with Gasteiger partial charge in [-0.3, -0.25) is 9.69 Å². The number of carboxylic acid groups (broad SMARTS) is 1. The van der Waals surface area contributed by atoms with Gasteiger partial charge in [0.05, 0.1) is 26.2 Å². The number of rotatable bonds is 3. The van der Waals surface area contributed by atoms with E-state index < -0.39 is 5.97 Å². The number of nitrogens with zero attached hydrogens (tertiary/aromatic N) is 2. The number of hydrogen-bond acceptors (Lipinski definition) is 4. The molecule has 0 aliphatic carbocycles. The molecule has 2 aromatic rings. The summed E-state index contributed by atoms with van der Waals surface area (Å²) in [7, 11) is 1.61. The highest BCUT2D eigenvalue weighted by Crippen LogP contribution is 2.35. The lowest BCUT2D eigenvalue weighted by molar-refractivity contribution is -0.121. The lowest BCUT2D eigenvalue weighted by atomic mass is 10.2. The number of thioether (sulfide) groups is 1. The zero-order valence-corrected chi connectivity index (χ0v) is 15.8. The molecule has 1 fully saturated rings. The van der Waals surface area contributed by atoms with E-state index in [0.717, 1.165) is 0 Å². The number of halogens is 2. The van der Waals surface area contributed by atoms with Crippen LogP contribution in [0.1, 0.15) is 15.9 Å². The van der Waals surface area contributed by atoms with Crippen molar-refractivity contribution in [3.63, 3.8) is 0 Å². The fraction of sp³-hybridized carbons (Fsp3) is 0.0556. The molecule has 0 bridgehead atoms. The number of aromatic carboxylic acids is 1. The smallest absolute Gasteiger partial charge is 0.335 e. The van der Waals surface area contributed by atoms with E-state index in [0.29, 0.717) is 31.4 Å². The summed E-state index contributed by atoms with van der Waals surface area (Å²) in [6.45, 7) is 0. The lowest BCUT2D eigenvalue weighted by Crippen LogP contribution is -2.23. The van der Waals surface area contributed by atoms with Crippen LogP contribution in [0.3, 0.4) is 0 Å². The van der Waals surface area contributed by atoms with Crippen LogP contribution in [-0.4, -0.2) is 34.1 Å². The monoisotopic (exact) mass is 406 g/mol. The minimum Gasteiger partial charge on any atom is -0.478 e. The van der Waals surface area contributed by atoms with Gasteiger partial charge in [0.15, 0.2) is 5.17 Å². The number of aliphatic imine (C=N–C) groups is 1. The quantitative estimate of drug-likeness (QED) is 0.733. The number of benzene rings is 2. The molecule has 3 rings (SSSR count). The van der Waals surface area contributed by atoms with Crippen molar-refractivity contribution in [2.45, 2.75) is 0 Å². The average Bonchev–Trinajstić information content (AvgIpc) is 2.87. The molecule has 132 valence electrons. The highest BCUT2D eigenvalue weighted by Gasteiger charge is 2.30. The first kappa shape index (κ1) is 18.5. The first-order valence-electron chi connectivity index (χ1n) is 7.40. The Morgan fingerprint density at radius 1 is 1.23 bits per heavy atom. The molecule has 0 atom stereocenters. The Bertz CT molecular complexity index is 973. The largest absolute Gasteiger partial charge is 0.478 e. The third-order valence-electron chi connectivity index (χ3n) is 3.59. The highest BCUT2D eigenvalue weighted by atomic mass is 35.5. The van der Waals surface area contributed by atoms with Crippen LogP contribution in [0.15, 0.2) is 52.4 Å². The predicted octanol–water partition coefficient (Wildman–Crippen LogP) is 4.93. The first-order valence-corrected chi connectivity index (χ1v) is 8.97. The van der Waals surface area contributed by atoms with Crippen LogP contribution in [0.2, 0.25) is 10.0 Å². The van der Waals surface area contributed by atoms with Gasteiger partial charge in [-0.05, 0) is 47.7 Å². The van der Waals surface area contributed by atoms with Crippen molar-refractivity contribution in [1.29, 1.82) is 0 Å². The minimum atomic E-state index is -1.04. The van der Waals surface area contributed by atoms with Gasteiger partial charge in [0, 0.05) is 7.05 Å². The Hall–Kier alpha value is -2.28. The summed E-state index contributed by atoms with van der Waals surface area (Å²) < 4.78 is 0. The summed E-state index contributed by atoms with van der Waals surface area (Å²) >= 11 is 13.4. The molecule has 0 aromatic heterocycles. The van der Waals surface area contributed by atoms with Crippen LogP contribution in [0.4, 0.5) is 5.69 Å². The second-order valence-corrected chi connectivity index (χ2v) is 7.16. The van der Waals surface area contributed by atoms with Crippen LogP contribution in [0.5, 0.6) is 0 Å². The number of amidine groups is 1. The summed E-state index contributed by atoms with van der Waals surface area (Å²) in [6, 6.07) is 11.4. The molecule has 1 N–H and O–H groups in total. The summed E-state index contributed by atoms with van der Waals surface area (Å²) in [5.41, 5.74) is 1.22. The maximum atomic E-state index is 12.5. The number of carboxylic acids is 1. The third kappa shape index (κ3) is 3.77. The van der Waals surface area contributed by atoms with E-state index in [1.807, 2.05) is 0 Å². The van der Waals surface area contributed by atoms with Crippen molar-refractivity contribution in [3.05, 3.63) is 68.5 Å². The molecular formula is C18H12Cl2N2O3S. The Morgan fingerprint density at radius 3 is 2.69 bits per heavy atom. The lowest BCUT2D eigenvalue weighted by Gasteiger charge is -2.07. The predicted molar refractivity (Wildman–Crippen MR) is 105 cm³/mol. The van der Waals surface area contributed by atoms with Gasteiger partial charge in [-0.25, -0.2) is 9.79 Å². The summed E-state index contributed by atoms with van der Waals surface area (Å²) in [6.07, 6.45) is 1.66. The van der Waals surface area contributed by atoms with E-state index in [2.05, 4.69) is 4.99 Å². The van der Waals surface area contributed by atoms with E-state index in [-0.39, 0.29) is 11.5 Å². The van der Waals surface area contributed by atoms with Crippen molar-refractivity contribution >= 4 is 63.8 Å². The molecule has 0 saturated carbocycles. The van der Waals surface area contributed by atoms with E-state index in [1.165, 1.54) is 28.8 Å². The number of likely N-dealkylation sites (N-methyl/N-ethyl adjacent to an activating group) is 1. The fourth-order valence-electron chi connectivity index (χ4n) is 2.24. The van der Waals surface area contributed by atoms with Crippen molar-refractivity contribution in [2.75, 3.05) is 7.05 Å². The van der Waals surface area contributed by atoms with Gasteiger partial charge >= 0.3 is 5.97 Å². The van der Waals surface area contributed by atoms with Crippen molar-refractivity contribution < 1.29 is 14.7 Å². The number of carbonyl (C=O) groups is 2. The van der Waals surface area contributed by atoms with Crippen LogP contribution in [-0.2, 0) is 4.79 Å². The van der Waals surface area contributed by atoms with Crippen molar-refractivity contribution in [3.8, 4) is 0 Å². The van der Waals surface area contributed by atoms with Gasteiger partial charge in [0.1, 0.15) is 0 Å². The molecule has 26 heavy (non-hydrogen) atoms. The van der Waals surface area contributed by atoms with Crippen LogP contribution < -0.4 is 0 Å². The van der Waals surface area contributed by atoms with Crippen LogP contribution in [0.25, 0.3) is 6.08 Å². The molecule has 5 nitrogen and oxygen atoms in total. The molecule has 0 unspecified atom stereocenters. The zero-order chi connectivity index (χ0) is 18.8. The SMILES string of the molecule is CN1C(=O)/C(=C\c2cccc(Cl)c2Cl)SC1=Nc1cccc(C(=O)O)c1. The molecule has 8 heteroatoms. The summed E-state index contributed by atoms with van der Waals surface area (Å²) in [5, 5.41) is 10.3. The molecule has 1 aliphatic heterocycles. The van der Waals surface area contributed by atoms with Crippen molar-refractivity contribution in [1.82, 2.24) is 4.90 Å². The molecular weight excluding hydrogens is 395 g/mol. The molecule has 1 amide bonds. The summed E-state index contributed by atoms with van der Waals surface area (Å²) in [4.78, 5) is 29.8. The Morgan fingerprint density at radius 2 is 1.96 bits per heavy atom. The molecule has 2 aromatic carbocycles. The van der Waals surface area contributed by atoms with Crippen LogP contribution >= 0.6 is 35.0 Å². The second kappa shape index (κ2) is 7.53. The first-order chi connectivity index (χ1) is 12.4. The standard InChI is InChI=1S/C18H12Cl2N2O3S/c1-22-16(23)14(9-10-4-3-7-13(19)15(10)20)26-18(22)21-12-6-2-5-11(8-12)17(24)25/h2-9H,1H3,(H,24,25)/b14-9+,21-18?. The van der Waals surface area contributed by atoms with E-state index in [1.54, 1.807) is 43.5 Å². The van der Waals surface area contributed by atoms with E-state index in [9.17, 15) is 9.59 Å². The zero-order valence-electron chi connectivity index (χ0n) is 13.4. The molecule has 0 radical (unpaired) electrons. The van der Waals surface area contributed by atoms with Gasteiger partial charge in [0.2, 0.25) is 0 Å². The molecule has 1 heterocycles. The van der Waals surface area contributed by atoms with E-state index in [4.69, 9.17) is 28.3 Å². The van der Waals surface area contributed by atoms with E-state index >= 15 is 0 Å².